The van der Waals surface area contributed by atoms with E-state index < -0.39 is 0 Å². The zero-order chi connectivity index (χ0) is 21.5. The van der Waals surface area contributed by atoms with Crippen molar-refractivity contribution in [2.45, 2.75) is 39.3 Å². The summed E-state index contributed by atoms with van der Waals surface area (Å²) in [6.45, 7) is 4.87. The minimum atomic E-state index is -0.201. The van der Waals surface area contributed by atoms with Gasteiger partial charge in [-0.15, -0.1) is 0 Å². The summed E-state index contributed by atoms with van der Waals surface area (Å²) in [6.07, 6.45) is 5.18. The first-order valence-electron chi connectivity index (χ1n) is 10.6. The lowest BCUT2D eigenvalue weighted by Crippen LogP contribution is -2.29. The van der Waals surface area contributed by atoms with Crippen LogP contribution in [-0.2, 0) is 17.9 Å². The summed E-state index contributed by atoms with van der Waals surface area (Å²) in [5.74, 6) is 1.26. The van der Waals surface area contributed by atoms with E-state index in [1.165, 1.54) is 6.42 Å². The Bertz CT molecular complexity index is 1090. The van der Waals surface area contributed by atoms with Gasteiger partial charge >= 0.3 is 0 Å². The van der Waals surface area contributed by atoms with Gasteiger partial charge in [-0.3, -0.25) is 9.69 Å². The monoisotopic (exact) mass is 441 g/mol. The number of carbonyl (C=O) groups is 1. The van der Waals surface area contributed by atoms with Crippen molar-refractivity contribution < 1.29 is 24.1 Å². The number of rotatable bonds is 3. The highest BCUT2D eigenvalue weighted by Crippen LogP contribution is 2.43. The number of hydrogen-bond donors (Lipinski definition) is 1. The third kappa shape index (κ3) is 3.80. The first kappa shape index (κ1) is 20.4. The van der Waals surface area contributed by atoms with Gasteiger partial charge in [0.05, 0.1) is 17.7 Å². The number of hydrogen-bond acceptors (Lipinski definition) is 6. The molecule has 3 aliphatic heterocycles. The van der Waals surface area contributed by atoms with Crippen LogP contribution in [0.3, 0.4) is 0 Å². The number of phenolic OH excluding ortho intramolecular Hbond substituents is 1. The molecule has 0 spiro atoms. The van der Waals surface area contributed by atoms with E-state index >= 15 is 0 Å². The van der Waals surface area contributed by atoms with Gasteiger partial charge in [0.25, 0.3) is 0 Å². The third-order valence-electron chi connectivity index (χ3n) is 6.04. The molecule has 1 fully saturated rings. The van der Waals surface area contributed by atoms with Gasteiger partial charge in [-0.1, -0.05) is 18.0 Å². The SMILES string of the molecule is Cc1cc(O)c(CN2CCCCC2)c2c1C(=O)/C(=C/c1cc(Cl)cc3c1OCOC3)O2. The maximum Gasteiger partial charge on any atom is 0.232 e. The predicted octanol–water partition coefficient (Wildman–Crippen LogP) is 4.82. The molecule has 2 aromatic rings. The van der Waals surface area contributed by atoms with Crippen LogP contribution in [0.2, 0.25) is 5.02 Å². The zero-order valence-electron chi connectivity index (χ0n) is 17.4. The lowest BCUT2D eigenvalue weighted by molar-refractivity contribution is -0.0165. The lowest BCUT2D eigenvalue weighted by Gasteiger charge is -2.27. The van der Waals surface area contributed by atoms with Gasteiger partial charge in [-0.2, -0.15) is 0 Å². The van der Waals surface area contributed by atoms with Crippen LogP contribution in [0, 0.1) is 6.92 Å². The van der Waals surface area contributed by atoms with E-state index in [1.54, 1.807) is 24.3 Å². The molecule has 0 aromatic heterocycles. The van der Waals surface area contributed by atoms with Crippen molar-refractivity contribution in [3.8, 4) is 17.2 Å². The highest BCUT2D eigenvalue weighted by Gasteiger charge is 2.34. The summed E-state index contributed by atoms with van der Waals surface area (Å²) in [4.78, 5) is 15.5. The third-order valence-corrected chi connectivity index (χ3v) is 6.26. The fourth-order valence-electron chi connectivity index (χ4n) is 4.53. The van der Waals surface area contributed by atoms with Crippen LogP contribution in [0.5, 0.6) is 17.2 Å². The summed E-state index contributed by atoms with van der Waals surface area (Å²) >= 11 is 6.27. The number of phenols is 1. The van der Waals surface area contributed by atoms with Crippen molar-refractivity contribution in [2.24, 2.45) is 0 Å². The van der Waals surface area contributed by atoms with Gasteiger partial charge in [0.1, 0.15) is 17.2 Å². The van der Waals surface area contributed by atoms with Gasteiger partial charge in [0.2, 0.25) is 5.78 Å². The van der Waals surface area contributed by atoms with E-state index in [4.69, 9.17) is 25.8 Å². The summed E-state index contributed by atoms with van der Waals surface area (Å²) < 4.78 is 17.1. The topological polar surface area (TPSA) is 68.2 Å². The Hall–Kier alpha value is -2.54. The minimum absolute atomic E-state index is 0.146. The number of ketones is 1. The molecule has 31 heavy (non-hydrogen) atoms. The average molecular weight is 442 g/mol. The van der Waals surface area contributed by atoms with Crippen molar-refractivity contribution in [2.75, 3.05) is 19.9 Å². The van der Waals surface area contributed by atoms with Crippen molar-refractivity contribution in [1.29, 1.82) is 0 Å². The molecule has 0 atom stereocenters. The fourth-order valence-corrected chi connectivity index (χ4v) is 4.78. The number of fused-ring (bicyclic) bond motifs is 2. The molecule has 162 valence electrons. The maximum atomic E-state index is 13.2. The van der Waals surface area contributed by atoms with Crippen LogP contribution in [0.1, 0.15) is 51.9 Å². The Labute approximate surface area is 186 Å². The Morgan fingerprint density at radius 3 is 2.77 bits per heavy atom. The zero-order valence-corrected chi connectivity index (χ0v) is 18.1. The molecule has 0 amide bonds. The number of ether oxygens (including phenoxy) is 3. The van der Waals surface area contributed by atoms with E-state index in [0.29, 0.717) is 51.9 Å². The molecule has 2 aromatic carbocycles. The number of aromatic hydroxyl groups is 1. The van der Waals surface area contributed by atoms with Crippen molar-refractivity contribution >= 4 is 23.5 Å². The van der Waals surface area contributed by atoms with Gasteiger partial charge in [-0.25, -0.2) is 0 Å². The molecule has 3 aliphatic rings. The number of Topliss-reactive ketones (excluding diaryl/α,β-unsaturated/α-hetero) is 1. The van der Waals surface area contributed by atoms with E-state index in [-0.39, 0.29) is 24.1 Å². The number of benzene rings is 2. The number of allylic oxidation sites excluding steroid dienone is 1. The van der Waals surface area contributed by atoms with Crippen molar-refractivity contribution in [3.63, 3.8) is 0 Å². The molecule has 0 bridgehead atoms. The van der Waals surface area contributed by atoms with E-state index in [2.05, 4.69) is 4.90 Å². The normalized spacial score (nSPS) is 19.7. The van der Waals surface area contributed by atoms with Crippen LogP contribution < -0.4 is 9.47 Å². The Kier molecular flexibility index (Phi) is 5.38. The fraction of sp³-hybridized carbons (Fsp3) is 0.375. The first-order chi connectivity index (χ1) is 15.0. The molecule has 7 heteroatoms. The molecule has 0 aliphatic carbocycles. The number of carbonyl (C=O) groups excluding carboxylic acids is 1. The quantitative estimate of drug-likeness (QED) is 0.688. The van der Waals surface area contributed by atoms with Crippen molar-refractivity contribution in [1.82, 2.24) is 4.90 Å². The summed E-state index contributed by atoms with van der Waals surface area (Å²) in [7, 11) is 0. The average Bonchev–Trinajstić information content (AvgIpc) is 3.08. The molecule has 0 unspecified atom stereocenters. The number of likely N-dealkylation sites (tertiary alicyclic amines) is 1. The highest BCUT2D eigenvalue weighted by atomic mass is 35.5. The minimum Gasteiger partial charge on any atom is -0.507 e. The molecule has 5 rings (SSSR count). The number of piperidine rings is 1. The molecular weight excluding hydrogens is 418 g/mol. The first-order valence-corrected chi connectivity index (χ1v) is 10.9. The molecule has 1 saturated heterocycles. The Morgan fingerprint density at radius 1 is 1.16 bits per heavy atom. The van der Waals surface area contributed by atoms with Crippen molar-refractivity contribution in [3.05, 3.63) is 56.8 Å². The number of halogens is 1. The molecular formula is C24H24ClNO5. The Morgan fingerprint density at radius 2 is 1.97 bits per heavy atom. The summed E-state index contributed by atoms with van der Waals surface area (Å²) in [5, 5.41) is 11.2. The van der Waals surface area contributed by atoms with Gasteiger partial charge in [0.15, 0.2) is 12.6 Å². The molecule has 0 radical (unpaired) electrons. The van der Waals surface area contributed by atoms with Gasteiger partial charge in [-0.05, 0) is 62.7 Å². The molecule has 3 heterocycles. The van der Waals surface area contributed by atoms with Crippen LogP contribution in [0.4, 0.5) is 0 Å². The number of aryl methyl sites for hydroxylation is 1. The predicted molar refractivity (Wildman–Crippen MR) is 117 cm³/mol. The van der Waals surface area contributed by atoms with E-state index in [9.17, 15) is 9.90 Å². The van der Waals surface area contributed by atoms with Crippen LogP contribution in [-0.4, -0.2) is 35.7 Å². The summed E-state index contributed by atoms with van der Waals surface area (Å²) in [5.41, 5.74) is 3.36. The molecule has 6 nitrogen and oxygen atoms in total. The molecule has 1 N–H and O–H groups in total. The lowest BCUT2D eigenvalue weighted by atomic mass is 9.98. The second-order valence-corrected chi connectivity index (χ2v) is 8.70. The molecule has 0 saturated carbocycles. The second-order valence-electron chi connectivity index (χ2n) is 8.27. The van der Waals surface area contributed by atoms with Crippen LogP contribution in [0.15, 0.2) is 24.0 Å². The van der Waals surface area contributed by atoms with Crippen LogP contribution >= 0.6 is 11.6 Å². The standard InChI is InChI=1S/C24H24ClNO5/c1-14-7-19(27)18(11-26-5-3-2-4-6-26)24-21(14)22(28)20(31-24)10-15-8-17(25)9-16-12-29-13-30-23(15)16/h7-10,27H,2-6,11-13H2,1H3/b20-10-. The second kappa shape index (κ2) is 8.19. The van der Waals surface area contributed by atoms with Crippen LogP contribution in [0.25, 0.3) is 6.08 Å². The van der Waals surface area contributed by atoms with E-state index in [0.717, 1.165) is 31.5 Å². The largest absolute Gasteiger partial charge is 0.507 e. The van der Waals surface area contributed by atoms with Gasteiger partial charge in [0, 0.05) is 22.7 Å². The van der Waals surface area contributed by atoms with Gasteiger partial charge < -0.3 is 19.3 Å². The summed E-state index contributed by atoms with van der Waals surface area (Å²) in [6, 6.07) is 5.20. The van der Waals surface area contributed by atoms with E-state index in [1.807, 2.05) is 6.92 Å². The Balaban J connectivity index is 1.53. The number of nitrogens with zero attached hydrogens (tertiary/aromatic N) is 1. The smallest absolute Gasteiger partial charge is 0.232 e. The maximum absolute atomic E-state index is 13.2. The highest BCUT2D eigenvalue weighted by molar-refractivity contribution is 6.31.